The lowest BCUT2D eigenvalue weighted by atomic mass is 9.91. The van der Waals surface area contributed by atoms with Crippen molar-refractivity contribution in [3.63, 3.8) is 0 Å². The minimum atomic E-state index is -0.755. The van der Waals surface area contributed by atoms with Gasteiger partial charge in [0.1, 0.15) is 18.3 Å². The molecule has 0 unspecified atom stereocenters. The van der Waals surface area contributed by atoms with Crippen LogP contribution < -0.4 is 10.6 Å². The quantitative estimate of drug-likeness (QED) is 0.249. The third-order valence-electron chi connectivity index (χ3n) is 8.01. The molecular weight excluding hydrogens is 542 g/mol. The number of rotatable bonds is 12. The summed E-state index contributed by atoms with van der Waals surface area (Å²) in [6, 6.07) is 6.80. The minimum Gasteiger partial charge on any atom is -0.456 e. The molecule has 1 saturated heterocycles. The predicted octanol–water partition coefficient (Wildman–Crippen LogP) is 1.56. The summed E-state index contributed by atoms with van der Waals surface area (Å²) in [5.74, 6) is -1.49. The first-order valence-corrected chi connectivity index (χ1v) is 14.6. The number of hydrogen-bond acceptors (Lipinski definition) is 8. The fourth-order valence-electron chi connectivity index (χ4n) is 5.55. The Bertz CT molecular complexity index is 1250. The molecule has 11 nitrogen and oxygen atoms in total. The Hall–Kier alpha value is -3.54. The summed E-state index contributed by atoms with van der Waals surface area (Å²) < 4.78 is 19.2. The molecule has 1 heterocycles. The topological polar surface area (TPSA) is 144 Å². The van der Waals surface area contributed by atoms with Crippen LogP contribution in [0.2, 0.25) is 0 Å². The van der Waals surface area contributed by atoms with Crippen LogP contribution in [0.5, 0.6) is 0 Å². The van der Waals surface area contributed by atoms with E-state index in [9.17, 15) is 19.2 Å². The molecule has 4 aliphatic rings. The third-order valence-corrected chi connectivity index (χ3v) is 8.01. The zero-order chi connectivity index (χ0) is 29.9. The minimum absolute atomic E-state index is 0.0699. The molecule has 0 spiro atoms. The molecule has 3 N–H and O–H groups in total. The molecule has 5 rings (SSSR count). The summed E-state index contributed by atoms with van der Waals surface area (Å²) >= 11 is 0. The molecule has 1 aromatic carbocycles. The van der Waals surface area contributed by atoms with Gasteiger partial charge in [0.15, 0.2) is 5.79 Å². The van der Waals surface area contributed by atoms with Crippen LogP contribution in [0.15, 0.2) is 42.0 Å². The van der Waals surface area contributed by atoms with Gasteiger partial charge in [0, 0.05) is 63.5 Å². The van der Waals surface area contributed by atoms with Crippen LogP contribution in [0.3, 0.4) is 0 Å². The van der Waals surface area contributed by atoms with Crippen molar-refractivity contribution in [1.29, 1.82) is 0 Å². The highest BCUT2D eigenvalue weighted by molar-refractivity contribution is 5.95. The van der Waals surface area contributed by atoms with Gasteiger partial charge in [-0.2, -0.15) is 0 Å². The fraction of sp³-hybridized carbons (Fsp3) is 0.548. The molecule has 11 heteroatoms. The number of likely N-dealkylation sites (N-methyl/N-ethyl adjacent to an activating group) is 1. The summed E-state index contributed by atoms with van der Waals surface area (Å²) in [4.78, 5) is 51.7. The molecule has 1 aromatic rings. The standard InChI is InChI=1S/C31H39N3O8/c1-34(2)27(37)11-6-19-4-3-5-20(16-19)30(39)40-24-17-21(29(38)33-13-12-26(36)32-14-15-35)18-25-28(24)42-31(41-25,22-7-8-22)23-9-10-23/h3-6,11,16,18,22-25,28,35H,7-10,12-15,17H2,1-2H3,(H,32,36)(H,33,38)/t24-,25-,28+/m1/s1. The Labute approximate surface area is 245 Å². The van der Waals surface area contributed by atoms with E-state index < -0.39 is 30.1 Å². The first kappa shape index (κ1) is 29.9. The molecule has 0 aromatic heterocycles. The van der Waals surface area contributed by atoms with Crippen LogP contribution in [0, 0.1) is 11.8 Å². The SMILES string of the molecule is CN(C)C(=O)C=Cc1cccc(C(=O)O[C@@H]2CC(C(=O)NCCC(=O)NCCO)=C[C@H]3OC(C4CC4)(C4CC4)O[C@H]32)c1. The van der Waals surface area contributed by atoms with Crippen molar-refractivity contribution in [2.24, 2.45) is 11.8 Å². The average Bonchev–Trinajstić information content (AvgIpc) is 3.92. The lowest BCUT2D eigenvalue weighted by Gasteiger charge is -2.31. The Morgan fingerprint density at radius 3 is 2.48 bits per heavy atom. The molecular formula is C31H39N3O8. The summed E-state index contributed by atoms with van der Waals surface area (Å²) in [6.07, 6.45) is 7.29. The highest BCUT2D eigenvalue weighted by Crippen LogP contribution is 2.59. The molecule has 3 fully saturated rings. The van der Waals surface area contributed by atoms with Gasteiger partial charge in [0.2, 0.25) is 17.7 Å². The number of carbonyl (C=O) groups excluding carboxylic acids is 4. The van der Waals surface area contributed by atoms with Crippen molar-refractivity contribution in [3.05, 3.63) is 53.1 Å². The first-order chi connectivity index (χ1) is 20.2. The number of carbonyl (C=O) groups is 4. The lowest BCUT2D eigenvalue weighted by Crippen LogP contribution is -2.44. The maximum Gasteiger partial charge on any atom is 0.338 e. The van der Waals surface area contributed by atoms with Gasteiger partial charge in [-0.3, -0.25) is 14.4 Å². The van der Waals surface area contributed by atoms with Crippen LogP contribution in [0.1, 0.15) is 54.4 Å². The second-order valence-corrected chi connectivity index (χ2v) is 11.5. The molecule has 3 amide bonds. The lowest BCUT2D eigenvalue weighted by molar-refractivity contribution is -0.209. The number of aliphatic hydroxyl groups excluding tert-OH is 1. The maximum atomic E-state index is 13.4. The number of ether oxygens (including phenoxy) is 3. The second kappa shape index (κ2) is 12.8. The van der Waals surface area contributed by atoms with Crippen LogP contribution in [-0.2, 0) is 28.6 Å². The van der Waals surface area contributed by atoms with Crippen molar-refractivity contribution in [2.75, 3.05) is 33.8 Å². The van der Waals surface area contributed by atoms with E-state index in [0.29, 0.717) is 28.5 Å². The zero-order valence-corrected chi connectivity index (χ0v) is 24.0. The summed E-state index contributed by atoms with van der Waals surface area (Å²) in [5, 5.41) is 14.2. The molecule has 0 radical (unpaired) electrons. The van der Waals surface area contributed by atoms with Crippen molar-refractivity contribution in [1.82, 2.24) is 15.5 Å². The Kier molecular flexibility index (Phi) is 9.10. The van der Waals surface area contributed by atoms with Gasteiger partial charge in [0.25, 0.3) is 0 Å². The van der Waals surface area contributed by atoms with E-state index in [4.69, 9.17) is 19.3 Å². The van der Waals surface area contributed by atoms with Crippen LogP contribution in [-0.4, -0.2) is 91.6 Å². The summed E-state index contributed by atoms with van der Waals surface area (Å²) in [5.41, 5.74) is 1.40. The van der Waals surface area contributed by atoms with Crippen LogP contribution in [0.25, 0.3) is 6.08 Å². The van der Waals surface area contributed by atoms with Gasteiger partial charge in [-0.05, 0) is 55.5 Å². The normalized spacial score (nSPS) is 24.5. The monoisotopic (exact) mass is 581 g/mol. The van der Waals surface area contributed by atoms with E-state index in [1.165, 1.54) is 11.0 Å². The van der Waals surface area contributed by atoms with Gasteiger partial charge in [0.05, 0.1) is 12.2 Å². The zero-order valence-electron chi connectivity index (χ0n) is 24.0. The van der Waals surface area contributed by atoms with E-state index in [-0.39, 0.29) is 50.3 Å². The number of amides is 3. The van der Waals surface area contributed by atoms with E-state index in [1.807, 2.05) is 0 Å². The van der Waals surface area contributed by atoms with E-state index in [2.05, 4.69) is 10.6 Å². The Morgan fingerprint density at radius 1 is 1.07 bits per heavy atom. The van der Waals surface area contributed by atoms with Gasteiger partial charge in [-0.25, -0.2) is 4.79 Å². The van der Waals surface area contributed by atoms with Crippen molar-refractivity contribution >= 4 is 29.8 Å². The Balaban J connectivity index is 1.30. The second-order valence-electron chi connectivity index (χ2n) is 11.5. The van der Waals surface area contributed by atoms with E-state index >= 15 is 0 Å². The molecule has 42 heavy (non-hydrogen) atoms. The fourth-order valence-corrected chi connectivity index (χ4v) is 5.55. The molecule has 226 valence electrons. The molecule has 3 aliphatic carbocycles. The smallest absolute Gasteiger partial charge is 0.338 e. The summed E-state index contributed by atoms with van der Waals surface area (Å²) in [7, 11) is 3.32. The number of nitrogens with one attached hydrogen (secondary N) is 2. The van der Waals surface area contributed by atoms with Crippen molar-refractivity contribution in [2.45, 2.75) is 62.6 Å². The average molecular weight is 582 g/mol. The van der Waals surface area contributed by atoms with Gasteiger partial charge < -0.3 is 34.9 Å². The number of hydrogen-bond donors (Lipinski definition) is 3. The molecule has 1 aliphatic heterocycles. The number of fused-ring (bicyclic) bond motifs is 1. The van der Waals surface area contributed by atoms with E-state index in [0.717, 1.165) is 25.7 Å². The predicted molar refractivity (Wildman–Crippen MR) is 152 cm³/mol. The number of nitrogens with zero attached hydrogens (tertiary/aromatic N) is 1. The van der Waals surface area contributed by atoms with Crippen molar-refractivity contribution < 1.29 is 38.5 Å². The van der Waals surface area contributed by atoms with E-state index in [1.54, 1.807) is 50.5 Å². The van der Waals surface area contributed by atoms with Crippen LogP contribution in [0.4, 0.5) is 0 Å². The van der Waals surface area contributed by atoms with Crippen LogP contribution >= 0.6 is 0 Å². The molecule has 3 atom stereocenters. The van der Waals surface area contributed by atoms with Gasteiger partial charge in [-0.1, -0.05) is 12.1 Å². The van der Waals surface area contributed by atoms with Gasteiger partial charge >= 0.3 is 5.97 Å². The van der Waals surface area contributed by atoms with Gasteiger partial charge in [-0.15, -0.1) is 0 Å². The molecule has 0 bridgehead atoms. The largest absolute Gasteiger partial charge is 0.456 e. The molecule has 2 saturated carbocycles. The highest BCUT2D eigenvalue weighted by Gasteiger charge is 2.64. The maximum absolute atomic E-state index is 13.4. The summed E-state index contributed by atoms with van der Waals surface area (Å²) in [6.45, 7) is 0.118. The number of benzene rings is 1. The highest BCUT2D eigenvalue weighted by atomic mass is 16.8. The first-order valence-electron chi connectivity index (χ1n) is 14.6. The Morgan fingerprint density at radius 2 is 1.81 bits per heavy atom. The number of esters is 1. The van der Waals surface area contributed by atoms with Crippen molar-refractivity contribution in [3.8, 4) is 0 Å². The number of aliphatic hydroxyl groups is 1. The third kappa shape index (κ3) is 6.91.